The van der Waals surface area contributed by atoms with Gasteiger partial charge in [-0.2, -0.15) is 0 Å². The zero-order valence-electron chi connectivity index (χ0n) is 6.33. The predicted octanol–water partition coefficient (Wildman–Crippen LogP) is 2.11. The summed E-state index contributed by atoms with van der Waals surface area (Å²) in [5.41, 5.74) is 0.653. The number of halogens is 1. The van der Waals surface area contributed by atoms with Crippen molar-refractivity contribution in [1.29, 1.82) is 0 Å². The predicted molar refractivity (Wildman–Crippen MR) is 45.3 cm³/mol. The zero-order valence-corrected chi connectivity index (χ0v) is 6.33. The largest absolute Gasteiger partial charge is 0.322 e. The van der Waals surface area contributed by atoms with Gasteiger partial charge in [0.2, 0.25) is 0 Å². The first-order valence-electron chi connectivity index (χ1n) is 3.46. The number of carbonyl (C=O) groups excluding carboxylic acids is 1. The van der Waals surface area contributed by atoms with Crippen molar-refractivity contribution >= 4 is 11.6 Å². The van der Waals surface area contributed by atoms with Crippen LogP contribution in [0.15, 0.2) is 42.7 Å². The fraction of sp³-hybridized carbons (Fsp3) is 0. The third kappa shape index (κ3) is 2.54. The lowest BCUT2D eigenvalue weighted by Gasteiger charge is -1.99. The average molecular weight is 165 g/mol. The van der Waals surface area contributed by atoms with Gasteiger partial charge in [0.15, 0.2) is 0 Å². The molecule has 0 atom stereocenters. The molecule has 12 heavy (non-hydrogen) atoms. The Labute approximate surface area is 69.7 Å². The lowest BCUT2D eigenvalue weighted by molar-refractivity contribution is -0.111. The molecular weight excluding hydrogens is 157 g/mol. The highest BCUT2D eigenvalue weighted by molar-refractivity contribution is 5.98. The summed E-state index contributed by atoms with van der Waals surface area (Å²) >= 11 is 0. The molecule has 0 aliphatic carbocycles. The summed E-state index contributed by atoms with van der Waals surface area (Å²) in [5.74, 6) is -0.469. The maximum absolute atomic E-state index is 11.5. The summed E-state index contributed by atoms with van der Waals surface area (Å²) in [5, 5.41) is 2.48. The van der Waals surface area contributed by atoms with Crippen LogP contribution in [0.1, 0.15) is 0 Å². The van der Waals surface area contributed by atoms with Gasteiger partial charge in [0.05, 0.1) is 6.33 Å². The Bertz CT molecular complexity index is 282. The Kier molecular flexibility index (Phi) is 3.02. The minimum atomic E-state index is -0.469. The number of anilines is 1. The van der Waals surface area contributed by atoms with E-state index < -0.39 is 5.91 Å². The van der Waals surface area contributed by atoms with E-state index in [9.17, 15) is 9.18 Å². The molecule has 0 heterocycles. The number of benzene rings is 1. The summed E-state index contributed by atoms with van der Waals surface area (Å²) in [7, 11) is 0. The Morgan fingerprint density at radius 1 is 1.33 bits per heavy atom. The van der Waals surface area contributed by atoms with Gasteiger partial charge in [-0.25, -0.2) is 4.39 Å². The molecule has 3 heteroatoms. The molecular formula is C9H8FNO. The smallest absolute Gasteiger partial charge is 0.250 e. The van der Waals surface area contributed by atoms with Crippen molar-refractivity contribution in [2.45, 2.75) is 0 Å². The Hall–Kier alpha value is -1.64. The normalized spacial score (nSPS) is 10.1. The molecule has 62 valence electrons. The van der Waals surface area contributed by atoms with Gasteiger partial charge in [-0.3, -0.25) is 4.79 Å². The number of hydrogen-bond acceptors (Lipinski definition) is 1. The molecule has 0 saturated heterocycles. The minimum Gasteiger partial charge on any atom is -0.322 e. The van der Waals surface area contributed by atoms with Gasteiger partial charge in [0.25, 0.3) is 5.91 Å². The molecule has 0 aromatic heterocycles. The summed E-state index contributed by atoms with van der Waals surface area (Å²) in [6.07, 6.45) is 1.03. The van der Waals surface area contributed by atoms with Crippen molar-refractivity contribution in [1.82, 2.24) is 0 Å². The molecule has 0 saturated carbocycles. The molecule has 0 spiro atoms. The molecule has 0 radical (unpaired) electrons. The Morgan fingerprint density at radius 2 is 2.00 bits per heavy atom. The third-order valence-corrected chi connectivity index (χ3v) is 1.26. The lowest BCUT2D eigenvalue weighted by Crippen LogP contribution is -2.06. The minimum absolute atomic E-state index is 0.207. The van der Waals surface area contributed by atoms with Crippen molar-refractivity contribution in [3.8, 4) is 0 Å². The van der Waals surface area contributed by atoms with Gasteiger partial charge in [0.1, 0.15) is 0 Å². The van der Waals surface area contributed by atoms with Crippen LogP contribution >= 0.6 is 0 Å². The molecule has 1 aromatic carbocycles. The average Bonchev–Trinajstić information content (AvgIpc) is 2.06. The van der Waals surface area contributed by atoms with Crippen molar-refractivity contribution in [2.24, 2.45) is 0 Å². The van der Waals surface area contributed by atoms with E-state index in [1.165, 1.54) is 0 Å². The Balaban J connectivity index is 2.59. The van der Waals surface area contributed by atoms with Crippen LogP contribution in [-0.2, 0) is 4.79 Å². The zero-order chi connectivity index (χ0) is 8.81. The molecule has 0 bridgehead atoms. The number of hydrogen-bond donors (Lipinski definition) is 1. The van der Waals surface area contributed by atoms with Crippen LogP contribution in [0.3, 0.4) is 0 Å². The van der Waals surface area contributed by atoms with Gasteiger partial charge in [0, 0.05) is 11.8 Å². The van der Waals surface area contributed by atoms with Crippen LogP contribution in [0, 0.1) is 0 Å². The van der Waals surface area contributed by atoms with E-state index in [-0.39, 0.29) is 6.33 Å². The van der Waals surface area contributed by atoms with Gasteiger partial charge in [-0.1, -0.05) is 18.2 Å². The van der Waals surface area contributed by atoms with E-state index in [1.807, 2.05) is 6.07 Å². The van der Waals surface area contributed by atoms with E-state index in [2.05, 4.69) is 5.32 Å². The maximum Gasteiger partial charge on any atom is 0.250 e. The number of amides is 1. The third-order valence-electron chi connectivity index (χ3n) is 1.26. The van der Waals surface area contributed by atoms with Crippen LogP contribution in [0.5, 0.6) is 0 Å². The molecule has 1 aromatic rings. The number of para-hydroxylation sites is 1. The summed E-state index contributed by atoms with van der Waals surface area (Å²) in [6, 6.07) is 8.86. The van der Waals surface area contributed by atoms with Gasteiger partial charge in [-0.05, 0) is 12.1 Å². The fourth-order valence-corrected chi connectivity index (χ4v) is 0.763. The van der Waals surface area contributed by atoms with Gasteiger partial charge in [-0.15, -0.1) is 0 Å². The molecule has 0 fully saturated rings. The number of nitrogens with one attached hydrogen (secondary N) is 1. The van der Waals surface area contributed by atoms with E-state index in [0.717, 1.165) is 6.08 Å². The lowest BCUT2D eigenvalue weighted by atomic mass is 10.3. The van der Waals surface area contributed by atoms with Crippen molar-refractivity contribution < 1.29 is 9.18 Å². The van der Waals surface area contributed by atoms with Gasteiger partial charge < -0.3 is 5.32 Å². The van der Waals surface area contributed by atoms with Gasteiger partial charge >= 0.3 is 0 Å². The highest BCUT2D eigenvalue weighted by atomic mass is 19.1. The first-order chi connectivity index (χ1) is 5.83. The van der Waals surface area contributed by atoms with E-state index in [0.29, 0.717) is 5.69 Å². The molecule has 1 N–H and O–H groups in total. The first kappa shape index (κ1) is 8.46. The maximum atomic E-state index is 11.5. The second-order valence-corrected chi connectivity index (χ2v) is 2.15. The van der Waals surface area contributed by atoms with E-state index in [1.54, 1.807) is 24.3 Å². The van der Waals surface area contributed by atoms with Crippen molar-refractivity contribution in [3.63, 3.8) is 0 Å². The molecule has 0 unspecified atom stereocenters. The second kappa shape index (κ2) is 4.28. The highest BCUT2D eigenvalue weighted by Crippen LogP contribution is 2.04. The summed E-state index contributed by atoms with van der Waals surface area (Å²) in [6.45, 7) is 0. The number of rotatable bonds is 2. The van der Waals surface area contributed by atoms with Crippen LogP contribution in [0.4, 0.5) is 10.1 Å². The molecule has 1 rings (SSSR count). The van der Waals surface area contributed by atoms with E-state index in [4.69, 9.17) is 0 Å². The first-order valence-corrected chi connectivity index (χ1v) is 3.46. The topological polar surface area (TPSA) is 29.1 Å². The fourth-order valence-electron chi connectivity index (χ4n) is 0.763. The van der Waals surface area contributed by atoms with Crippen LogP contribution < -0.4 is 5.32 Å². The SMILES string of the molecule is O=C(/C=C/F)Nc1ccccc1. The summed E-state index contributed by atoms with van der Waals surface area (Å²) < 4.78 is 11.5. The second-order valence-electron chi connectivity index (χ2n) is 2.15. The summed E-state index contributed by atoms with van der Waals surface area (Å²) in [4.78, 5) is 10.8. The van der Waals surface area contributed by atoms with Crippen LogP contribution in [-0.4, -0.2) is 5.91 Å². The molecule has 0 aliphatic heterocycles. The number of carbonyl (C=O) groups is 1. The van der Waals surface area contributed by atoms with Crippen molar-refractivity contribution in [2.75, 3.05) is 5.32 Å². The monoisotopic (exact) mass is 165 g/mol. The molecule has 1 amide bonds. The highest BCUT2D eigenvalue weighted by Gasteiger charge is 1.94. The van der Waals surface area contributed by atoms with Crippen LogP contribution in [0.25, 0.3) is 0 Å². The quantitative estimate of drug-likeness (QED) is 0.668. The standard InChI is InChI=1S/C9H8FNO/c10-7-6-9(12)11-8-4-2-1-3-5-8/h1-7H,(H,11,12)/b7-6+. The Morgan fingerprint density at radius 3 is 2.58 bits per heavy atom. The molecule has 2 nitrogen and oxygen atoms in total. The van der Waals surface area contributed by atoms with Crippen LogP contribution in [0.2, 0.25) is 0 Å². The van der Waals surface area contributed by atoms with Crippen molar-refractivity contribution in [3.05, 3.63) is 42.7 Å². The molecule has 0 aliphatic rings. The van der Waals surface area contributed by atoms with E-state index >= 15 is 0 Å².